The summed E-state index contributed by atoms with van der Waals surface area (Å²) in [5.41, 5.74) is 6.10. The summed E-state index contributed by atoms with van der Waals surface area (Å²) in [6, 6.07) is 2.15. The highest BCUT2D eigenvalue weighted by Crippen LogP contribution is 2.28. The molecule has 0 aliphatic carbocycles. The van der Waals surface area contributed by atoms with Crippen LogP contribution in [0.2, 0.25) is 0 Å². The van der Waals surface area contributed by atoms with Crippen molar-refractivity contribution in [3.05, 3.63) is 11.4 Å². The van der Waals surface area contributed by atoms with Crippen LogP contribution >= 0.6 is 11.3 Å². The molecule has 2 fully saturated rings. The van der Waals surface area contributed by atoms with Crippen molar-refractivity contribution in [1.82, 2.24) is 9.62 Å². The van der Waals surface area contributed by atoms with Crippen LogP contribution in [0.15, 0.2) is 15.7 Å². The van der Waals surface area contributed by atoms with Crippen LogP contribution in [0.1, 0.15) is 25.7 Å². The summed E-state index contributed by atoms with van der Waals surface area (Å²) < 4.78 is 27.6. The summed E-state index contributed by atoms with van der Waals surface area (Å²) in [5.74, 6) is 0. The molecule has 3 N–H and O–H groups in total. The van der Waals surface area contributed by atoms with Crippen molar-refractivity contribution in [3.63, 3.8) is 0 Å². The van der Waals surface area contributed by atoms with Crippen molar-refractivity contribution in [2.75, 3.05) is 18.8 Å². The second kappa shape index (κ2) is 5.05. The molecule has 2 aliphatic rings. The Kier molecular flexibility index (Phi) is 3.55. The van der Waals surface area contributed by atoms with Crippen molar-refractivity contribution in [1.29, 1.82) is 0 Å². The van der Waals surface area contributed by atoms with Crippen LogP contribution in [0.25, 0.3) is 0 Å². The number of thiophene rings is 1. The van der Waals surface area contributed by atoms with Gasteiger partial charge in [-0.25, -0.2) is 13.1 Å². The number of nitrogens with zero attached hydrogens (tertiary/aromatic N) is 1. The number of anilines is 1. The van der Waals surface area contributed by atoms with E-state index in [2.05, 4.69) is 9.62 Å². The molecule has 2 atom stereocenters. The number of hydrogen-bond donors (Lipinski definition) is 2. The van der Waals surface area contributed by atoms with E-state index in [-0.39, 0.29) is 6.04 Å². The molecule has 3 rings (SSSR count). The highest BCUT2D eigenvalue weighted by atomic mass is 32.2. The standard InChI is InChI=1S/C12H19N3O2S2/c13-9-6-12(18-8-9)19(16,17)14-10-3-5-15-4-1-2-11(15)7-10/h6,8,10-11,14H,1-5,7,13H2. The molecule has 2 unspecified atom stereocenters. The fraction of sp³-hybridized carbons (Fsp3) is 0.667. The molecule has 7 heteroatoms. The molecule has 0 aromatic carbocycles. The zero-order valence-corrected chi connectivity index (χ0v) is 12.3. The van der Waals surface area contributed by atoms with Gasteiger partial charge in [0.05, 0.1) is 0 Å². The minimum atomic E-state index is -3.40. The largest absolute Gasteiger partial charge is 0.398 e. The van der Waals surface area contributed by atoms with Crippen LogP contribution in [0.3, 0.4) is 0 Å². The van der Waals surface area contributed by atoms with Crippen LogP contribution in [-0.4, -0.2) is 38.5 Å². The molecule has 0 amide bonds. The summed E-state index contributed by atoms with van der Waals surface area (Å²) in [6.07, 6.45) is 4.27. The Morgan fingerprint density at radius 2 is 2.21 bits per heavy atom. The lowest BCUT2D eigenvalue weighted by Crippen LogP contribution is -2.47. The monoisotopic (exact) mass is 301 g/mol. The van der Waals surface area contributed by atoms with E-state index in [0.29, 0.717) is 15.9 Å². The lowest BCUT2D eigenvalue weighted by Gasteiger charge is -2.34. The number of nitrogens with one attached hydrogen (secondary N) is 1. The molecule has 1 aromatic rings. The van der Waals surface area contributed by atoms with Crippen molar-refractivity contribution >= 4 is 27.0 Å². The zero-order valence-electron chi connectivity index (χ0n) is 10.7. The van der Waals surface area contributed by atoms with E-state index in [1.165, 1.54) is 36.8 Å². The first-order chi connectivity index (χ1) is 9.04. The first-order valence-electron chi connectivity index (χ1n) is 6.65. The number of nitrogen functional groups attached to an aromatic ring is 1. The van der Waals surface area contributed by atoms with Crippen molar-refractivity contribution in [2.24, 2.45) is 0 Å². The molecular weight excluding hydrogens is 282 g/mol. The maximum Gasteiger partial charge on any atom is 0.250 e. The minimum absolute atomic E-state index is 0.0627. The van der Waals surface area contributed by atoms with Gasteiger partial charge < -0.3 is 10.6 Å². The number of nitrogens with two attached hydrogens (primary N) is 1. The van der Waals surface area contributed by atoms with Crippen LogP contribution in [0, 0.1) is 0 Å². The molecule has 2 saturated heterocycles. The fourth-order valence-electron chi connectivity index (χ4n) is 3.08. The van der Waals surface area contributed by atoms with Crippen LogP contribution in [-0.2, 0) is 10.0 Å². The van der Waals surface area contributed by atoms with Crippen molar-refractivity contribution in [3.8, 4) is 0 Å². The normalized spacial score (nSPS) is 28.4. The number of piperidine rings is 1. The van der Waals surface area contributed by atoms with Crippen LogP contribution < -0.4 is 10.5 Å². The third kappa shape index (κ3) is 2.79. The van der Waals surface area contributed by atoms with Crippen molar-refractivity contribution < 1.29 is 8.42 Å². The first kappa shape index (κ1) is 13.4. The Balaban J connectivity index is 1.68. The Labute approximate surface area is 117 Å². The van der Waals surface area contributed by atoms with E-state index in [1.54, 1.807) is 5.38 Å². The predicted molar refractivity (Wildman–Crippen MR) is 76.7 cm³/mol. The van der Waals surface area contributed by atoms with Gasteiger partial charge in [-0.3, -0.25) is 0 Å². The Morgan fingerprint density at radius 1 is 1.37 bits per heavy atom. The van der Waals surface area contributed by atoms with E-state index in [0.717, 1.165) is 19.4 Å². The topological polar surface area (TPSA) is 75.4 Å². The van der Waals surface area contributed by atoms with Gasteiger partial charge in [-0.05, 0) is 44.8 Å². The lowest BCUT2D eigenvalue weighted by atomic mass is 9.99. The van der Waals surface area contributed by atoms with E-state index in [4.69, 9.17) is 5.73 Å². The first-order valence-corrected chi connectivity index (χ1v) is 9.01. The van der Waals surface area contributed by atoms with Gasteiger partial charge in [0.2, 0.25) is 10.0 Å². The average Bonchev–Trinajstić information content (AvgIpc) is 2.96. The van der Waals surface area contributed by atoms with Crippen LogP contribution in [0.4, 0.5) is 5.69 Å². The number of sulfonamides is 1. The molecule has 0 bridgehead atoms. The second-order valence-corrected chi connectivity index (χ2v) is 8.23. The van der Waals surface area contributed by atoms with Crippen molar-refractivity contribution in [2.45, 2.75) is 42.0 Å². The van der Waals surface area contributed by atoms with E-state index in [9.17, 15) is 8.42 Å². The minimum Gasteiger partial charge on any atom is -0.398 e. The van der Waals surface area contributed by atoms with E-state index >= 15 is 0 Å². The van der Waals surface area contributed by atoms with Gasteiger partial charge in [-0.15, -0.1) is 11.3 Å². The summed E-state index contributed by atoms with van der Waals surface area (Å²) in [7, 11) is -3.40. The summed E-state index contributed by atoms with van der Waals surface area (Å²) in [4.78, 5) is 2.48. The molecule has 2 aliphatic heterocycles. The zero-order chi connectivity index (χ0) is 13.5. The van der Waals surface area contributed by atoms with E-state index < -0.39 is 10.0 Å². The molecule has 0 radical (unpaired) electrons. The molecule has 1 aromatic heterocycles. The lowest BCUT2D eigenvalue weighted by molar-refractivity contribution is 0.176. The third-order valence-corrected chi connectivity index (χ3v) is 6.98. The summed E-state index contributed by atoms with van der Waals surface area (Å²) >= 11 is 1.18. The summed E-state index contributed by atoms with van der Waals surface area (Å²) in [5, 5.41) is 1.66. The number of rotatable bonds is 3. The molecule has 106 valence electrons. The van der Waals surface area contributed by atoms with E-state index in [1.807, 2.05) is 0 Å². The quantitative estimate of drug-likeness (QED) is 0.880. The molecule has 0 spiro atoms. The summed E-state index contributed by atoms with van der Waals surface area (Å²) in [6.45, 7) is 2.18. The predicted octanol–water partition coefficient (Wildman–Crippen LogP) is 1.24. The SMILES string of the molecule is Nc1csc(S(=O)(=O)NC2CCN3CCCC3C2)c1. The Morgan fingerprint density at radius 3 is 2.95 bits per heavy atom. The maximum atomic E-state index is 12.2. The molecule has 19 heavy (non-hydrogen) atoms. The average molecular weight is 301 g/mol. The molecule has 5 nitrogen and oxygen atoms in total. The van der Waals surface area contributed by atoms with Gasteiger partial charge in [0.1, 0.15) is 4.21 Å². The highest BCUT2D eigenvalue weighted by molar-refractivity contribution is 7.91. The number of hydrogen-bond acceptors (Lipinski definition) is 5. The van der Waals surface area contributed by atoms with Crippen LogP contribution in [0.5, 0.6) is 0 Å². The molecule has 0 saturated carbocycles. The second-order valence-electron chi connectivity index (χ2n) is 5.37. The van der Waals surface area contributed by atoms with Gasteiger partial charge >= 0.3 is 0 Å². The van der Waals surface area contributed by atoms with Gasteiger partial charge in [0.25, 0.3) is 0 Å². The van der Waals surface area contributed by atoms with Gasteiger partial charge in [-0.1, -0.05) is 0 Å². The molecular formula is C12H19N3O2S2. The third-order valence-electron chi connectivity index (χ3n) is 4.00. The van der Waals surface area contributed by atoms with Gasteiger partial charge in [0, 0.05) is 23.2 Å². The fourth-order valence-corrected chi connectivity index (χ4v) is 5.46. The maximum absolute atomic E-state index is 12.2. The number of fused-ring (bicyclic) bond motifs is 1. The molecule has 3 heterocycles. The highest BCUT2D eigenvalue weighted by Gasteiger charge is 2.33. The Bertz CT molecular complexity index is 555. The van der Waals surface area contributed by atoms with Gasteiger partial charge in [0.15, 0.2) is 0 Å². The Hall–Kier alpha value is -0.630. The van der Waals surface area contributed by atoms with Gasteiger partial charge in [-0.2, -0.15) is 0 Å². The smallest absolute Gasteiger partial charge is 0.250 e.